The summed E-state index contributed by atoms with van der Waals surface area (Å²) >= 11 is 0. The van der Waals surface area contributed by atoms with Gasteiger partial charge in [0.2, 0.25) is 0 Å². The number of ether oxygens (including phenoxy) is 1. The summed E-state index contributed by atoms with van der Waals surface area (Å²) in [6.45, 7) is 8.82. The molecule has 1 aromatic rings. The van der Waals surface area contributed by atoms with Crippen LogP contribution in [0.5, 0.6) is 5.75 Å². The van der Waals surface area contributed by atoms with Crippen LogP contribution in [0.3, 0.4) is 0 Å². The third-order valence-corrected chi connectivity index (χ3v) is 3.95. The number of para-hydroxylation sites is 1. The minimum atomic E-state index is 0.617. The second kappa shape index (κ2) is 6.58. The van der Waals surface area contributed by atoms with E-state index >= 15 is 0 Å². The second-order valence-corrected chi connectivity index (χ2v) is 5.52. The van der Waals surface area contributed by atoms with Gasteiger partial charge in [-0.15, -0.1) is 0 Å². The van der Waals surface area contributed by atoms with Crippen LogP contribution < -0.4 is 4.74 Å². The van der Waals surface area contributed by atoms with Gasteiger partial charge in [-0.1, -0.05) is 26.0 Å². The highest BCUT2D eigenvalue weighted by molar-refractivity contribution is 5.42. The standard InChI is InChI=1S/C16H22N2O/c1-13-11-18(12-14(13)2)8-5-9-19-16-7-4-3-6-15(16)10-17/h3-4,6-7,13-14H,5,8-9,11-12H2,1-2H3. The molecule has 3 heteroatoms. The first-order valence-electron chi connectivity index (χ1n) is 7.05. The van der Waals surface area contributed by atoms with E-state index in [2.05, 4.69) is 24.8 Å². The maximum absolute atomic E-state index is 8.97. The zero-order valence-electron chi connectivity index (χ0n) is 11.8. The Morgan fingerprint density at radius 2 is 1.95 bits per heavy atom. The Kier molecular flexibility index (Phi) is 4.81. The molecule has 0 aliphatic carbocycles. The number of benzene rings is 1. The van der Waals surface area contributed by atoms with E-state index in [0.717, 1.165) is 24.8 Å². The molecular formula is C16H22N2O. The Labute approximate surface area is 115 Å². The molecule has 2 rings (SSSR count). The number of nitrogens with zero attached hydrogens (tertiary/aromatic N) is 2. The van der Waals surface area contributed by atoms with E-state index in [-0.39, 0.29) is 0 Å². The molecule has 1 fully saturated rings. The molecule has 0 radical (unpaired) electrons. The Bertz CT molecular complexity index is 442. The molecule has 102 valence electrons. The predicted molar refractivity (Wildman–Crippen MR) is 76.0 cm³/mol. The summed E-state index contributed by atoms with van der Waals surface area (Å²) < 4.78 is 5.69. The lowest BCUT2D eigenvalue weighted by Gasteiger charge is -2.15. The number of likely N-dealkylation sites (tertiary alicyclic amines) is 1. The van der Waals surface area contributed by atoms with Crippen molar-refractivity contribution in [3.63, 3.8) is 0 Å². The van der Waals surface area contributed by atoms with Crippen LogP contribution in [0.4, 0.5) is 0 Å². The van der Waals surface area contributed by atoms with Gasteiger partial charge in [-0.3, -0.25) is 0 Å². The Morgan fingerprint density at radius 3 is 2.63 bits per heavy atom. The minimum absolute atomic E-state index is 0.617. The largest absolute Gasteiger partial charge is 0.492 e. The Hall–Kier alpha value is -1.53. The van der Waals surface area contributed by atoms with E-state index in [1.807, 2.05) is 18.2 Å². The van der Waals surface area contributed by atoms with Gasteiger partial charge in [0.25, 0.3) is 0 Å². The Balaban J connectivity index is 1.71. The molecule has 1 saturated heterocycles. The molecule has 0 aromatic heterocycles. The van der Waals surface area contributed by atoms with Crippen molar-refractivity contribution >= 4 is 0 Å². The Morgan fingerprint density at radius 1 is 1.26 bits per heavy atom. The van der Waals surface area contributed by atoms with Gasteiger partial charge in [0.15, 0.2) is 0 Å². The number of hydrogen-bond donors (Lipinski definition) is 0. The summed E-state index contributed by atoms with van der Waals surface area (Å²) in [5, 5.41) is 8.97. The quantitative estimate of drug-likeness (QED) is 0.762. The fourth-order valence-corrected chi connectivity index (χ4v) is 2.59. The minimum Gasteiger partial charge on any atom is -0.492 e. The molecule has 1 heterocycles. The molecule has 0 spiro atoms. The summed E-state index contributed by atoms with van der Waals surface area (Å²) in [7, 11) is 0. The van der Waals surface area contributed by atoms with Gasteiger partial charge in [0, 0.05) is 19.6 Å². The highest BCUT2D eigenvalue weighted by atomic mass is 16.5. The van der Waals surface area contributed by atoms with Gasteiger partial charge in [-0.25, -0.2) is 0 Å². The smallest absolute Gasteiger partial charge is 0.137 e. The van der Waals surface area contributed by atoms with Crippen molar-refractivity contribution in [1.82, 2.24) is 4.90 Å². The summed E-state index contributed by atoms with van der Waals surface area (Å²) in [4.78, 5) is 2.51. The van der Waals surface area contributed by atoms with Gasteiger partial charge >= 0.3 is 0 Å². The summed E-state index contributed by atoms with van der Waals surface area (Å²) in [6.07, 6.45) is 1.01. The molecule has 0 N–H and O–H groups in total. The summed E-state index contributed by atoms with van der Waals surface area (Å²) in [5.74, 6) is 2.31. The van der Waals surface area contributed by atoms with Gasteiger partial charge in [0.1, 0.15) is 11.8 Å². The molecule has 0 saturated carbocycles. The molecule has 19 heavy (non-hydrogen) atoms. The van der Waals surface area contributed by atoms with E-state index < -0.39 is 0 Å². The first kappa shape index (κ1) is 13.9. The van der Waals surface area contributed by atoms with Gasteiger partial charge < -0.3 is 9.64 Å². The first-order chi connectivity index (χ1) is 9.20. The van der Waals surface area contributed by atoms with Crippen molar-refractivity contribution in [3.05, 3.63) is 29.8 Å². The first-order valence-corrected chi connectivity index (χ1v) is 7.05. The third-order valence-electron chi connectivity index (χ3n) is 3.95. The van der Waals surface area contributed by atoms with Crippen LogP contribution in [0.25, 0.3) is 0 Å². The summed E-state index contributed by atoms with van der Waals surface area (Å²) in [5.41, 5.74) is 0.617. The van der Waals surface area contributed by atoms with Crippen molar-refractivity contribution in [2.24, 2.45) is 11.8 Å². The molecule has 0 amide bonds. The maximum atomic E-state index is 8.97. The van der Waals surface area contributed by atoms with Crippen molar-refractivity contribution in [1.29, 1.82) is 5.26 Å². The van der Waals surface area contributed by atoms with Crippen LogP contribution in [0, 0.1) is 23.2 Å². The fourth-order valence-electron chi connectivity index (χ4n) is 2.59. The van der Waals surface area contributed by atoms with Crippen LogP contribution in [0.15, 0.2) is 24.3 Å². The molecular weight excluding hydrogens is 236 g/mol. The van der Waals surface area contributed by atoms with Crippen molar-refractivity contribution in [2.45, 2.75) is 20.3 Å². The molecule has 0 bridgehead atoms. The maximum Gasteiger partial charge on any atom is 0.137 e. The average Bonchev–Trinajstić information content (AvgIpc) is 2.74. The normalized spacial score (nSPS) is 23.2. The lowest BCUT2D eigenvalue weighted by molar-refractivity contribution is 0.257. The van der Waals surface area contributed by atoms with Crippen LogP contribution in [0.2, 0.25) is 0 Å². The van der Waals surface area contributed by atoms with Crippen molar-refractivity contribution in [2.75, 3.05) is 26.2 Å². The van der Waals surface area contributed by atoms with Gasteiger partial charge in [-0.05, 0) is 30.4 Å². The van der Waals surface area contributed by atoms with E-state index in [1.54, 1.807) is 6.07 Å². The number of hydrogen-bond acceptors (Lipinski definition) is 3. The van der Waals surface area contributed by atoms with E-state index in [4.69, 9.17) is 10.00 Å². The molecule has 1 aliphatic heterocycles. The molecule has 3 nitrogen and oxygen atoms in total. The fraction of sp³-hybridized carbons (Fsp3) is 0.562. The van der Waals surface area contributed by atoms with Crippen molar-refractivity contribution < 1.29 is 4.74 Å². The van der Waals surface area contributed by atoms with E-state index in [1.165, 1.54) is 13.1 Å². The average molecular weight is 258 g/mol. The van der Waals surface area contributed by atoms with Crippen LogP contribution in [0.1, 0.15) is 25.8 Å². The SMILES string of the molecule is CC1CN(CCCOc2ccccc2C#N)CC1C. The number of nitriles is 1. The topological polar surface area (TPSA) is 36.3 Å². The van der Waals surface area contributed by atoms with Crippen LogP contribution >= 0.6 is 0 Å². The predicted octanol–water partition coefficient (Wildman–Crippen LogP) is 2.91. The molecule has 1 aliphatic rings. The lowest BCUT2D eigenvalue weighted by Crippen LogP contribution is -2.23. The van der Waals surface area contributed by atoms with Gasteiger partial charge in [0.05, 0.1) is 12.2 Å². The monoisotopic (exact) mass is 258 g/mol. The molecule has 1 aromatic carbocycles. The zero-order chi connectivity index (χ0) is 13.7. The second-order valence-electron chi connectivity index (χ2n) is 5.52. The molecule has 2 unspecified atom stereocenters. The lowest BCUT2D eigenvalue weighted by atomic mass is 10.0. The highest BCUT2D eigenvalue weighted by Gasteiger charge is 2.25. The van der Waals surface area contributed by atoms with E-state index in [0.29, 0.717) is 17.9 Å². The summed E-state index contributed by atoms with van der Waals surface area (Å²) in [6, 6.07) is 9.57. The number of rotatable bonds is 5. The van der Waals surface area contributed by atoms with Crippen LogP contribution in [-0.2, 0) is 0 Å². The van der Waals surface area contributed by atoms with Crippen LogP contribution in [-0.4, -0.2) is 31.1 Å². The van der Waals surface area contributed by atoms with Gasteiger partial charge in [-0.2, -0.15) is 5.26 Å². The highest BCUT2D eigenvalue weighted by Crippen LogP contribution is 2.22. The van der Waals surface area contributed by atoms with Crippen molar-refractivity contribution in [3.8, 4) is 11.8 Å². The van der Waals surface area contributed by atoms with E-state index in [9.17, 15) is 0 Å². The molecule has 2 atom stereocenters. The third kappa shape index (κ3) is 3.71. The zero-order valence-corrected chi connectivity index (χ0v) is 11.8.